The molecule has 1 aromatic rings. The minimum atomic E-state index is -4.69. The monoisotopic (exact) mass is 318 g/mol. The quantitative estimate of drug-likeness (QED) is 0.248. The van der Waals surface area contributed by atoms with Gasteiger partial charge in [-0.25, -0.2) is 0 Å². The summed E-state index contributed by atoms with van der Waals surface area (Å²) in [5, 5.41) is 20.7. The highest BCUT2D eigenvalue weighted by molar-refractivity contribution is 9.10. The molecule has 0 aliphatic rings. The average molecular weight is 319 g/mol. The molecule has 0 saturated carbocycles. The maximum atomic E-state index is 10.5. The third-order valence-corrected chi connectivity index (χ3v) is 1.67. The molecule has 1 rings (SSSR count). The molecule has 1 N–H and O–H groups in total. The minimum absolute atomic E-state index is 0.114. The second kappa shape index (κ2) is 5.89. The van der Waals surface area contributed by atoms with Gasteiger partial charge in [0, 0.05) is 0 Å². The van der Waals surface area contributed by atoms with Crippen molar-refractivity contribution in [3.63, 3.8) is 0 Å². The van der Waals surface area contributed by atoms with E-state index in [2.05, 4.69) is 15.9 Å². The molecule has 0 spiro atoms. The van der Waals surface area contributed by atoms with Crippen LogP contribution in [-0.2, 0) is 0 Å². The standard InChI is InChI=1S/C5H3BrN2O3.ClHO4/c6-4-3-7(9)2-1-5(4)8(10)11;2-1(3,4)5/h1-3H;(H,2,3,4,5). The van der Waals surface area contributed by atoms with Crippen molar-refractivity contribution in [3.05, 3.63) is 38.3 Å². The van der Waals surface area contributed by atoms with Crippen molar-refractivity contribution < 1.29 is 38.5 Å². The summed E-state index contributed by atoms with van der Waals surface area (Å²) in [5.74, 6) is 0. The molecular formula is C5H4BrClN2O7. The van der Waals surface area contributed by atoms with E-state index < -0.39 is 15.2 Å². The van der Waals surface area contributed by atoms with E-state index in [-0.39, 0.29) is 10.2 Å². The SMILES string of the molecule is O=[N+]([O-])c1cc[n+]([O-])cc1Br.[O-][Cl+3]([O-])([O-])O. The molecular weight excluding hydrogens is 315 g/mol. The second-order valence-corrected chi connectivity index (χ2v) is 3.84. The number of rotatable bonds is 1. The van der Waals surface area contributed by atoms with Gasteiger partial charge in [-0.05, 0) is 15.9 Å². The first-order chi connectivity index (χ1) is 7.11. The fourth-order valence-electron chi connectivity index (χ4n) is 0.593. The molecule has 0 fully saturated rings. The summed E-state index contributed by atoms with van der Waals surface area (Å²) in [6.45, 7) is 0. The van der Waals surface area contributed by atoms with Crippen molar-refractivity contribution in [1.29, 1.82) is 0 Å². The Labute approximate surface area is 98.8 Å². The summed E-state index contributed by atoms with van der Waals surface area (Å²) >= 11 is 2.89. The van der Waals surface area contributed by atoms with Gasteiger partial charge in [-0.15, -0.1) is 0 Å². The summed E-state index contributed by atoms with van der Waals surface area (Å²) in [4.78, 5) is 9.63. The number of pyridine rings is 1. The first kappa shape index (κ1) is 15.0. The molecule has 11 heteroatoms. The highest BCUT2D eigenvalue weighted by Gasteiger charge is 2.13. The van der Waals surface area contributed by atoms with Gasteiger partial charge in [-0.2, -0.15) is 18.7 Å². The molecule has 0 bridgehead atoms. The number of nitro groups is 1. The van der Waals surface area contributed by atoms with Gasteiger partial charge in [0.1, 0.15) is 0 Å². The Morgan fingerprint density at radius 3 is 2.19 bits per heavy atom. The van der Waals surface area contributed by atoms with Crippen LogP contribution in [0.4, 0.5) is 5.69 Å². The van der Waals surface area contributed by atoms with Gasteiger partial charge in [0.15, 0.2) is 10.7 Å². The Balaban J connectivity index is 0.000000385. The lowest BCUT2D eigenvalue weighted by molar-refractivity contribution is -1.92. The zero-order chi connectivity index (χ0) is 12.9. The first-order valence-corrected chi connectivity index (χ1v) is 5.33. The summed E-state index contributed by atoms with van der Waals surface area (Å²) in [5.41, 5.74) is -0.114. The smallest absolute Gasteiger partial charge is 0.295 e. The highest BCUT2D eigenvalue weighted by Crippen LogP contribution is 2.20. The van der Waals surface area contributed by atoms with Crippen molar-refractivity contribution >= 4 is 21.6 Å². The maximum absolute atomic E-state index is 10.5. The summed E-state index contributed by atoms with van der Waals surface area (Å²) in [7, 11) is -4.69. The molecule has 0 saturated heterocycles. The van der Waals surface area contributed by atoms with Crippen molar-refractivity contribution in [1.82, 2.24) is 0 Å². The topological polar surface area (TPSA) is 159 Å². The van der Waals surface area contributed by atoms with Gasteiger partial charge in [-0.3, -0.25) is 10.1 Å². The fourth-order valence-corrected chi connectivity index (χ4v) is 1.07. The van der Waals surface area contributed by atoms with Gasteiger partial charge >= 0.3 is 0 Å². The lowest BCUT2D eigenvalue weighted by Crippen LogP contribution is -2.58. The number of nitrogens with zero attached hydrogens (tertiary/aromatic N) is 2. The summed E-state index contributed by atoms with van der Waals surface area (Å²) in [6.07, 6.45) is 2.15. The second-order valence-electron chi connectivity index (χ2n) is 2.19. The van der Waals surface area contributed by atoms with Crippen molar-refractivity contribution in [2.24, 2.45) is 0 Å². The van der Waals surface area contributed by atoms with Crippen molar-refractivity contribution in [2.45, 2.75) is 0 Å². The van der Waals surface area contributed by atoms with E-state index in [0.717, 1.165) is 18.5 Å². The van der Waals surface area contributed by atoms with E-state index in [1.807, 2.05) is 0 Å². The van der Waals surface area contributed by atoms with Crippen LogP contribution in [0.1, 0.15) is 0 Å². The predicted octanol–water partition coefficient (Wildman–Crippen LogP) is -3.13. The van der Waals surface area contributed by atoms with Crippen molar-refractivity contribution in [2.75, 3.05) is 0 Å². The van der Waals surface area contributed by atoms with E-state index >= 15 is 0 Å². The normalized spacial score (nSPS) is 10.3. The van der Waals surface area contributed by atoms with E-state index in [9.17, 15) is 15.3 Å². The zero-order valence-corrected chi connectivity index (χ0v) is 9.62. The van der Waals surface area contributed by atoms with Crippen LogP contribution >= 0.6 is 15.9 Å². The van der Waals surface area contributed by atoms with Crippen LogP contribution in [0.25, 0.3) is 0 Å². The molecule has 1 aromatic heterocycles. The molecule has 0 aliphatic heterocycles. The van der Waals surface area contributed by atoms with Gasteiger partial charge in [0.2, 0.25) is 6.20 Å². The molecule has 9 nitrogen and oxygen atoms in total. The Morgan fingerprint density at radius 2 is 1.88 bits per heavy atom. The van der Waals surface area contributed by atoms with Crippen LogP contribution in [0.5, 0.6) is 0 Å². The molecule has 0 atom stereocenters. The Kier molecular flexibility index (Phi) is 5.50. The molecule has 0 radical (unpaired) electrons. The number of halogens is 2. The first-order valence-electron chi connectivity index (χ1n) is 3.27. The van der Waals surface area contributed by atoms with E-state index in [1.54, 1.807) is 0 Å². The van der Waals surface area contributed by atoms with Crippen LogP contribution in [0.2, 0.25) is 0 Å². The van der Waals surface area contributed by atoms with Crippen LogP contribution in [0, 0.1) is 25.6 Å². The van der Waals surface area contributed by atoms with Crippen LogP contribution < -0.4 is 18.7 Å². The third-order valence-electron chi connectivity index (χ3n) is 1.06. The van der Waals surface area contributed by atoms with Crippen LogP contribution in [0.15, 0.2) is 22.9 Å². The van der Waals surface area contributed by atoms with E-state index in [1.165, 1.54) is 0 Å². The largest absolute Gasteiger partial charge is 0.619 e. The maximum Gasteiger partial charge on any atom is 0.295 e. The van der Waals surface area contributed by atoms with Crippen LogP contribution in [0.3, 0.4) is 0 Å². The van der Waals surface area contributed by atoms with Crippen LogP contribution in [-0.4, -0.2) is 9.58 Å². The molecule has 90 valence electrons. The number of hydrogen-bond donors (Lipinski definition) is 1. The van der Waals surface area contributed by atoms with Gasteiger partial charge < -0.3 is 5.21 Å². The molecule has 0 unspecified atom stereocenters. The minimum Gasteiger partial charge on any atom is -0.619 e. The van der Waals surface area contributed by atoms with Gasteiger partial charge in [-0.1, -0.05) is 0 Å². The molecule has 0 aromatic carbocycles. The third kappa shape index (κ3) is 7.28. The van der Waals surface area contributed by atoms with E-state index in [4.69, 9.17) is 18.6 Å². The number of hydrogen-bond acceptors (Lipinski definition) is 7. The fraction of sp³-hybridized carbons (Fsp3) is 0. The summed E-state index contributed by atoms with van der Waals surface area (Å²) < 4.78 is 33.4. The Bertz CT molecular complexity index is 376. The highest BCUT2D eigenvalue weighted by atomic mass is 79.9. The van der Waals surface area contributed by atoms with E-state index in [0.29, 0.717) is 4.73 Å². The Hall–Kier alpha value is -1.04. The average Bonchev–Trinajstić information content (AvgIpc) is 1.99. The lowest BCUT2D eigenvalue weighted by Gasteiger charge is -2.03. The van der Waals surface area contributed by atoms with Gasteiger partial charge in [0.25, 0.3) is 5.69 Å². The summed E-state index contributed by atoms with van der Waals surface area (Å²) in [6, 6.07) is 1.14. The lowest BCUT2D eigenvalue weighted by atomic mass is 10.4. The number of aromatic nitrogens is 1. The molecule has 1 heterocycles. The molecule has 0 aliphatic carbocycles. The Morgan fingerprint density at radius 1 is 1.44 bits per heavy atom. The molecule has 16 heavy (non-hydrogen) atoms. The van der Waals surface area contributed by atoms with Gasteiger partial charge in [0.05, 0.1) is 25.9 Å². The molecule has 0 amide bonds. The predicted molar refractivity (Wildman–Crippen MR) is 42.0 cm³/mol. The zero-order valence-electron chi connectivity index (χ0n) is 7.28. The van der Waals surface area contributed by atoms with Crippen molar-refractivity contribution in [3.8, 4) is 0 Å².